The van der Waals surface area contributed by atoms with E-state index >= 15 is 0 Å². The van der Waals surface area contributed by atoms with Crippen LogP contribution in [0, 0.1) is 11.8 Å². The molecule has 2 atom stereocenters. The molecule has 2 unspecified atom stereocenters. The first-order chi connectivity index (χ1) is 6.54. The van der Waals surface area contributed by atoms with Crippen LogP contribution in [0.1, 0.15) is 26.7 Å². The quantitative estimate of drug-likeness (QED) is 0.474. The number of hydrogen-bond donors (Lipinski definition) is 0. The van der Waals surface area contributed by atoms with E-state index in [2.05, 4.69) is 25.2 Å². The van der Waals surface area contributed by atoms with Gasteiger partial charge in [0.2, 0.25) is 0 Å². The van der Waals surface area contributed by atoms with Gasteiger partial charge in [-0.3, -0.25) is 0 Å². The number of carbonyl (C=O) groups excluding carboxylic acids is 1. The van der Waals surface area contributed by atoms with Gasteiger partial charge in [-0.25, -0.2) is 4.79 Å². The Hall–Kier alpha value is -1.05. The topological polar surface area (TPSA) is 26.3 Å². The maximum absolute atomic E-state index is 11.1. The number of hydrogen-bond acceptors (Lipinski definition) is 2. The van der Waals surface area contributed by atoms with E-state index in [-0.39, 0.29) is 5.97 Å². The lowest BCUT2D eigenvalue weighted by Gasteiger charge is -2.28. The van der Waals surface area contributed by atoms with Crippen molar-refractivity contribution in [1.82, 2.24) is 0 Å². The second-order valence-corrected chi connectivity index (χ2v) is 4.16. The molecule has 0 heterocycles. The molecule has 0 spiro atoms. The van der Waals surface area contributed by atoms with Gasteiger partial charge in [-0.2, -0.15) is 0 Å². The molecule has 1 aliphatic rings. The van der Waals surface area contributed by atoms with Gasteiger partial charge in [-0.1, -0.05) is 20.4 Å². The third kappa shape index (κ3) is 2.47. The van der Waals surface area contributed by atoms with E-state index < -0.39 is 0 Å². The van der Waals surface area contributed by atoms with Gasteiger partial charge in [0.05, 0.1) is 7.11 Å². The van der Waals surface area contributed by atoms with Gasteiger partial charge >= 0.3 is 5.97 Å². The Morgan fingerprint density at radius 3 is 2.79 bits per heavy atom. The second-order valence-electron chi connectivity index (χ2n) is 4.16. The van der Waals surface area contributed by atoms with Crippen molar-refractivity contribution in [2.24, 2.45) is 11.8 Å². The van der Waals surface area contributed by atoms with Crippen molar-refractivity contribution in [2.45, 2.75) is 26.7 Å². The molecule has 0 aromatic rings. The van der Waals surface area contributed by atoms with Gasteiger partial charge in [0, 0.05) is 6.08 Å². The maximum Gasteiger partial charge on any atom is 0.330 e. The molecule has 0 amide bonds. The molecule has 0 aromatic carbocycles. The van der Waals surface area contributed by atoms with Gasteiger partial charge in [-0.15, -0.1) is 0 Å². The van der Waals surface area contributed by atoms with Gasteiger partial charge in [-0.05, 0) is 35.8 Å². The predicted octanol–water partition coefficient (Wildman–Crippen LogP) is 2.71. The van der Waals surface area contributed by atoms with Crippen molar-refractivity contribution in [3.8, 4) is 0 Å². The molecular weight excluding hydrogens is 176 g/mol. The first kappa shape index (κ1) is 11.0. The molecule has 1 saturated carbocycles. The van der Waals surface area contributed by atoms with Crippen molar-refractivity contribution in [2.75, 3.05) is 7.11 Å². The number of methoxy groups -OCH3 is 1. The Morgan fingerprint density at radius 2 is 2.21 bits per heavy atom. The second kappa shape index (κ2) is 4.45. The van der Waals surface area contributed by atoms with Crippen LogP contribution in [0.25, 0.3) is 0 Å². The molecular formula is C12H18O2. The molecule has 0 aromatic heterocycles. The summed E-state index contributed by atoms with van der Waals surface area (Å²) in [7, 11) is 1.40. The smallest absolute Gasteiger partial charge is 0.330 e. The van der Waals surface area contributed by atoms with Crippen LogP contribution >= 0.6 is 0 Å². The predicted molar refractivity (Wildman–Crippen MR) is 56.8 cm³/mol. The Balaban J connectivity index is 2.81. The van der Waals surface area contributed by atoms with Crippen LogP contribution in [0.15, 0.2) is 23.8 Å². The Morgan fingerprint density at radius 1 is 1.57 bits per heavy atom. The van der Waals surface area contributed by atoms with Crippen molar-refractivity contribution in [1.29, 1.82) is 0 Å². The monoisotopic (exact) mass is 194 g/mol. The summed E-state index contributed by atoms with van der Waals surface area (Å²) in [5.74, 6) is 0.837. The normalized spacial score (nSPS) is 30.5. The highest BCUT2D eigenvalue weighted by molar-refractivity contribution is 5.83. The fourth-order valence-corrected chi connectivity index (χ4v) is 2.00. The van der Waals surface area contributed by atoms with E-state index in [1.807, 2.05) is 0 Å². The molecule has 0 saturated heterocycles. The van der Waals surface area contributed by atoms with Crippen molar-refractivity contribution in [3.05, 3.63) is 23.8 Å². The zero-order valence-electron chi connectivity index (χ0n) is 9.17. The summed E-state index contributed by atoms with van der Waals surface area (Å²) >= 11 is 0. The van der Waals surface area contributed by atoms with Crippen LogP contribution in [0.2, 0.25) is 0 Å². The van der Waals surface area contributed by atoms with Crippen LogP contribution in [0.5, 0.6) is 0 Å². The summed E-state index contributed by atoms with van der Waals surface area (Å²) in [6.07, 6.45) is 3.68. The van der Waals surface area contributed by atoms with Gasteiger partial charge < -0.3 is 4.74 Å². The molecule has 0 bridgehead atoms. The molecule has 14 heavy (non-hydrogen) atoms. The highest BCUT2D eigenvalue weighted by atomic mass is 16.5. The number of esters is 1. The van der Waals surface area contributed by atoms with E-state index in [1.165, 1.54) is 7.11 Å². The summed E-state index contributed by atoms with van der Waals surface area (Å²) in [5, 5.41) is 0. The van der Waals surface area contributed by atoms with E-state index in [4.69, 9.17) is 0 Å². The lowest BCUT2D eigenvalue weighted by Crippen LogP contribution is -2.16. The maximum atomic E-state index is 11.1. The lowest BCUT2D eigenvalue weighted by atomic mass is 9.77. The standard InChI is InChI=1S/C12H18O2/c1-8-5-9(2)10(3)11(6-8)7-12(13)14-4/h7-9H,3,5-6H2,1-2,4H3/b11-7+. The Kier molecular flexibility index (Phi) is 3.50. The third-order valence-electron chi connectivity index (χ3n) is 2.82. The van der Waals surface area contributed by atoms with Crippen LogP contribution in [-0.4, -0.2) is 13.1 Å². The highest BCUT2D eigenvalue weighted by Gasteiger charge is 2.22. The Labute approximate surface area is 85.6 Å². The molecule has 78 valence electrons. The number of ether oxygens (including phenoxy) is 1. The van der Waals surface area contributed by atoms with Crippen LogP contribution in [-0.2, 0) is 9.53 Å². The fraction of sp³-hybridized carbons (Fsp3) is 0.583. The molecule has 2 heteroatoms. The van der Waals surface area contributed by atoms with Gasteiger partial charge in [0.15, 0.2) is 0 Å². The first-order valence-corrected chi connectivity index (χ1v) is 5.02. The molecule has 0 aliphatic heterocycles. The number of carbonyl (C=O) groups is 1. The molecule has 1 fully saturated rings. The first-order valence-electron chi connectivity index (χ1n) is 5.02. The number of allylic oxidation sites excluding steroid dienone is 2. The third-order valence-corrected chi connectivity index (χ3v) is 2.82. The summed E-state index contributed by atoms with van der Waals surface area (Å²) in [4.78, 5) is 11.1. The minimum absolute atomic E-state index is 0.276. The Bertz CT molecular complexity index is 276. The summed E-state index contributed by atoms with van der Waals surface area (Å²) in [6, 6.07) is 0. The zero-order chi connectivity index (χ0) is 10.7. The largest absolute Gasteiger partial charge is 0.466 e. The van der Waals surface area contributed by atoms with Gasteiger partial charge in [0.1, 0.15) is 0 Å². The van der Waals surface area contributed by atoms with Crippen molar-refractivity contribution < 1.29 is 9.53 Å². The molecule has 2 nitrogen and oxygen atoms in total. The van der Waals surface area contributed by atoms with Crippen molar-refractivity contribution in [3.63, 3.8) is 0 Å². The minimum Gasteiger partial charge on any atom is -0.466 e. The molecule has 1 aliphatic carbocycles. The van der Waals surface area contributed by atoms with Gasteiger partial charge in [0.25, 0.3) is 0 Å². The zero-order valence-corrected chi connectivity index (χ0v) is 9.17. The van der Waals surface area contributed by atoms with Crippen LogP contribution in [0.4, 0.5) is 0 Å². The highest BCUT2D eigenvalue weighted by Crippen LogP contribution is 2.35. The average molecular weight is 194 g/mol. The van der Waals surface area contributed by atoms with E-state index in [0.717, 1.165) is 24.0 Å². The fourth-order valence-electron chi connectivity index (χ4n) is 2.00. The van der Waals surface area contributed by atoms with E-state index in [1.54, 1.807) is 6.08 Å². The average Bonchev–Trinajstić information content (AvgIpc) is 2.13. The minimum atomic E-state index is -0.276. The summed E-state index contributed by atoms with van der Waals surface area (Å²) in [5.41, 5.74) is 2.15. The lowest BCUT2D eigenvalue weighted by molar-refractivity contribution is -0.134. The van der Waals surface area contributed by atoms with Crippen LogP contribution < -0.4 is 0 Å². The molecule has 1 rings (SSSR count). The van der Waals surface area contributed by atoms with Crippen LogP contribution in [0.3, 0.4) is 0 Å². The summed E-state index contributed by atoms with van der Waals surface area (Å²) < 4.78 is 4.62. The SMILES string of the molecule is C=C1/C(=C/C(=O)OC)CC(C)CC1C. The summed E-state index contributed by atoms with van der Waals surface area (Å²) in [6.45, 7) is 8.38. The number of rotatable bonds is 1. The van der Waals surface area contributed by atoms with Crippen molar-refractivity contribution >= 4 is 5.97 Å². The van der Waals surface area contributed by atoms with E-state index in [0.29, 0.717) is 11.8 Å². The molecule has 0 radical (unpaired) electrons. The van der Waals surface area contributed by atoms with E-state index in [9.17, 15) is 4.79 Å². The molecule has 0 N–H and O–H groups in total.